The molecule has 0 aliphatic carbocycles. The largest absolute Gasteiger partial charge is 0.508 e. The number of aliphatic hydroxyl groups is 1. The number of aliphatic hydroxyl groups excluding tert-OH is 1. The van der Waals surface area contributed by atoms with Crippen LogP contribution in [0.5, 0.6) is 5.75 Å². The van der Waals surface area contributed by atoms with Crippen molar-refractivity contribution in [2.75, 3.05) is 6.61 Å². The summed E-state index contributed by atoms with van der Waals surface area (Å²) in [7, 11) is 0. The summed E-state index contributed by atoms with van der Waals surface area (Å²) in [4.78, 5) is 11.9. The monoisotopic (exact) mass is 257 g/mol. The lowest BCUT2D eigenvalue weighted by Crippen LogP contribution is -2.48. The highest BCUT2D eigenvalue weighted by Gasteiger charge is 2.24. The summed E-state index contributed by atoms with van der Waals surface area (Å²) in [5, 5.41) is 21.5. The Kier molecular flexibility index (Phi) is 4.37. The zero-order valence-electron chi connectivity index (χ0n) is 9.83. The molecule has 0 saturated heterocycles. The number of carbonyl (C=O) groups is 1. The van der Waals surface area contributed by atoms with Crippen molar-refractivity contribution in [1.82, 2.24) is 5.32 Å². The molecule has 4 nitrogen and oxygen atoms in total. The second-order valence-electron chi connectivity index (χ2n) is 4.19. The number of phenolic OH excluding ortho intramolecular Hbond substituents is 1. The minimum Gasteiger partial charge on any atom is -0.508 e. The van der Waals surface area contributed by atoms with Crippen molar-refractivity contribution in [3.05, 3.63) is 28.8 Å². The zero-order valence-corrected chi connectivity index (χ0v) is 10.6. The Morgan fingerprint density at radius 3 is 2.71 bits per heavy atom. The predicted octanol–water partition coefficient (Wildman–Crippen LogP) is 1.94. The van der Waals surface area contributed by atoms with Gasteiger partial charge in [0.05, 0.1) is 22.7 Å². The highest BCUT2D eigenvalue weighted by Crippen LogP contribution is 2.22. The van der Waals surface area contributed by atoms with E-state index in [1.807, 2.05) is 6.92 Å². The number of benzene rings is 1. The molecule has 17 heavy (non-hydrogen) atoms. The average molecular weight is 258 g/mol. The minimum atomic E-state index is -0.689. The third kappa shape index (κ3) is 3.35. The van der Waals surface area contributed by atoms with Gasteiger partial charge in [0.1, 0.15) is 5.75 Å². The number of amides is 1. The van der Waals surface area contributed by atoms with Crippen LogP contribution >= 0.6 is 11.6 Å². The van der Waals surface area contributed by atoms with Gasteiger partial charge >= 0.3 is 0 Å². The molecule has 0 aromatic heterocycles. The fourth-order valence-corrected chi connectivity index (χ4v) is 1.47. The van der Waals surface area contributed by atoms with Crippen LogP contribution in [0.15, 0.2) is 18.2 Å². The first kappa shape index (κ1) is 13.8. The van der Waals surface area contributed by atoms with Crippen molar-refractivity contribution >= 4 is 17.5 Å². The van der Waals surface area contributed by atoms with E-state index < -0.39 is 11.4 Å². The van der Waals surface area contributed by atoms with E-state index in [9.17, 15) is 15.0 Å². The Morgan fingerprint density at radius 2 is 2.18 bits per heavy atom. The van der Waals surface area contributed by atoms with Crippen molar-refractivity contribution in [3.8, 4) is 5.75 Å². The lowest BCUT2D eigenvalue weighted by atomic mass is 9.99. The maximum Gasteiger partial charge on any atom is 0.253 e. The highest BCUT2D eigenvalue weighted by atomic mass is 35.5. The fraction of sp³-hybridized carbons (Fsp3) is 0.417. The van der Waals surface area contributed by atoms with Crippen molar-refractivity contribution < 1.29 is 15.0 Å². The number of hydrogen-bond donors (Lipinski definition) is 3. The molecule has 0 radical (unpaired) electrons. The second kappa shape index (κ2) is 5.38. The van der Waals surface area contributed by atoms with Crippen LogP contribution in [0.2, 0.25) is 5.02 Å². The van der Waals surface area contributed by atoms with E-state index in [1.54, 1.807) is 6.92 Å². The fourth-order valence-electron chi connectivity index (χ4n) is 1.27. The third-order valence-corrected chi connectivity index (χ3v) is 3.07. The molecule has 1 rings (SSSR count). The summed E-state index contributed by atoms with van der Waals surface area (Å²) in [6.07, 6.45) is 0.589. The zero-order chi connectivity index (χ0) is 13.1. The van der Waals surface area contributed by atoms with E-state index in [1.165, 1.54) is 18.2 Å². The Labute approximate surface area is 105 Å². The van der Waals surface area contributed by atoms with Crippen LogP contribution in [-0.2, 0) is 0 Å². The quantitative estimate of drug-likeness (QED) is 0.772. The van der Waals surface area contributed by atoms with Gasteiger partial charge in [-0.1, -0.05) is 18.5 Å². The van der Waals surface area contributed by atoms with E-state index in [-0.39, 0.29) is 22.9 Å². The van der Waals surface area contributed by atoms with Gasteiger partial charge in [-0.25, -0.2) is 0 Å². The third-order valence-electron chi connectivity index (χ3n) is 2.74. The summed E-state index contributed by atoms with van der Waals surface area (Å²) in [6.45, 7) is 3.44. The Balaban J connectivity index is 2.94. The molecule has 0 fully saturated rings. The number of hydrogen-bond acceptors (Lipinski definition) is 3. The van der Waals surface area contributed by atoms with Crippen LogP contribution < -0.4 is 5.32 Å². The molecule has 1 amide bonds. The van der Waals surface area contributed by atoms with Gasteiger partial charge in [-0.3, -0.25) is 4.79 Å². The average Bonchev–Trinajstić information content (AvgIpc) is 2.32. The van der Waals surface area contributed by atoms with E-state index in [0.29, 0.717) is 6.42 Å². The maximum atomic E-state index is 11.9. The Morgan fingerprint density at radius 1 is 1.53 bits per heavy atom. The lowest BCUT2D eigenvalue weighted by Gasteiger charge is -2.27. The first-order valence-corrected chi connectivity index (χ1v) is 5.71. The number of halogens is 1. The molecule has 0 heterocycles. The van der Waals surface area contributed by atoms with Gasteiger partial charge in [-0.15, -0.1) is 0 Å². The molecule has 94 valence electrons. The molecular weight excluding hydrogens is 242 g/mol. The normalized spacial score (nSPS) is 14.1. The second-order valence-corrected chi connectivity index (χ2v) is 4.60. The highest BCUT2D eigenvalue weighted by molar-refractivity contribution is 6.33. The molecule has 1 atom stereocenters. The molecule has 5 heteroatoms. The van der Waals surface area contributed by atoms with Gasteiger partial charge < -0.3 is 15.5 Å². The van der Waals surface area contributed by atoms with E-state index in [2.05, 4.69) is 5.32 Å². The number of rotatable bonds is 4. The van der Waals surface area contributed by atoms with E-state index in [0.717, 1.165) is 0 Å². The first-order valence-electron chi connectivity index (χ1n) is 5.34. The van der Waals surface area contributed by atoms with Gasteiger partial charge in [0.15, 0.2) is 0 Å². The number of nitrogens with one attached hydrogen (secondary N) is 1. The van der Waals surface area contributed by atoms with Gasteiger partial charge in [-0.2, -0.15) is 0 Å². The maximum absolute atomic E-state index is 11.9. The molecule has 0 aliphatic heterocycles. The molecule has 0 spiro atoms. The van der Waals surface area contributed by atoms with Gasteiger partial charge in [0.25, 0.3) is 5.91 Å². The molecule has 1 unspecified atom stereocenters. The molecular formula is C12H16ClNO3. The lowest BCUT2D eigenvalue weighted by molar-refractivity contribution is 0.0847. The van der Waals surface area contributed by atoms with Crippen LogP contribution in [-0.4, -0.2) is 28.3 Å². The first-order chi connectivity index (χ1) is 7.91. The van der Waals surface area contributed by atoms with E-state index >= 15 is 0 Å². The molecule has 3 N–H and O–H groups in total. The van der Waals surface area contributed by atoms with Crippen LogP contribution in [0.25, 0.3) is 0 Å². The van der Waals surface area contributed by atoms with Crippen molar-refractivity contribution in [2.24, 2.45) is 0 Å². The molecule has 0 bridgehead atoms. The summed E-state index contributed by atoms with van der Waals surface area (Å²) in [5.41, 5.74) is -0.494. The van der Waals surface area contributed by atoms with Crippen molar-refractivity contribution in [1.29, 1.82) is 0 Å². The number of carbonyl (C=O) groups excluding carboxylic acids is 1. The van der Waals surface area contributed by atoms with Crippen molar-refractivity contribution in [2.45, 2.75) is 25.8 Å². The summed E-state index contributed by atoms with van der Waals surface area (Å²) >= 11 is 5.87. The molecule has 0 saturated carbocycles. The Hall–Kier alpha value is -1.26. The topological polar surface area (TPSA) is 69.6 Å². The summed E-state index contributed by atoms with van der Waals surface area (Å²) < 4.78 is 0. The molecule has 1 aromatic carbocycles. The van der Waals surface area contributed by atoms with Gasteiger partial charge in [0, 0.05) is 0 Å². The summed E-state index contributed by atoms with van der Waals surface area (Å²) in [6, 6.07) is 4.16. The Bertz CT molecular complexity index is 416. The SMILES string of the molecule is CCC(C)(CO)NC(=O)c1cc(O)ccc1Cl. The molecule has 0 aliphatic rings. The minimum absolute atomic E-state index is 0.0262. The van der Waals surface area contributed by atoms with Crippen LogP contribution in [0.1, 0.15) is 30.6 Å². The molecule has 1 aromatic rings. The van der Waals surface area contributed by atoms with Crippen LogP contribution in [0.4, 0.5) is 0 Å². The van der Waals surface area contributed by atoms with E-state index in [4.69, 9.17) is 11.6 Å². The van der Waals surface area contributed by atoms with Crippen LogP contribution in [0, 0.1) is 0 Å². The van der Waals surface area contributed by atoms with Crippen molar-refractivity contribution in [3.63, 3.8) is 0 Å². The number of phenols is 1. The standard InChI is InChI=1S/C12H16ClNO3/c1-3-12(2,7-15)14-11(17)9-6-8(16)4-5-10(9)13/h4-6,15-16H,3,7H2,1-2H3,(H,14,17). The summed E-state index contributed by atoms with van der Waals surface area (Å²) in [5.74, 6) is -0.439. The van der Waals surface area contributed by atoms with Crippen LogP contribution in [0.3, 0.4) is 0 Å². The van der Waals surface area contributed by atoms with Gasteiger partial charge in [0.2, 0.25) is 0 Å². The van der Waals surface area contributed by atoms with Gasteiger partial charge in [-0.05, 0) is 31.5 Å². The smallest absolute Gasteiger partial charge is 0.253 e. The predicted molar refractivity (Wildman–Crippen MR) is 66.4 cm³/mol. The number of aromatic hydroxyl groups is 1.